The maximum atomic E-state index is 12.5. The summed E-state index contributed by atoms with van der Waals surface area (Å²) in [7, 11) is 0. The lowest BCUT2D eigenvalue weighted by atomic mass is 9.86. The van der Waals surface area contributed by atoms with Gasteiger partial charge < -0.3 is 9.64 Å². The van der Waals surface area contributed by atoms with Gasteiger partial charge in [-0.1, -0.05) is 42.8 Å². The molecule has 130 valence electrons. The fourth-order valence-corrected chi connectivity index (χ4v) is 2.69. The third kappa shape index (κ3) is 6.54. The number of nitrogens with zero attached hydrogens (tertiary/aromatic N) is 1. The van der Waals surface area contributed by atoms with E-state index in [2.05, 4.69) is 54.9 Å². The Kier molecular flexibility index (Phi) is 6.31. The predicted octanol–water partition coefficient (Wildman–Crippen LogP) is 5.89. The molecule has 0 N–H and O–H groups in total. The molecule has 0 fully saturated rings. The molecule has 0 saturated carbocycles. The number of hydrogen-bond acceptors (Lipinski definition) is 2. The standard InChI is InChI=1S/C19H30BrNO2/c1-13(2)21(17(22)23-19(6,7)8)12-14-9-15(18(3,4)5)11-16(20)10-14/h9-11,13H,12H2,1-8H3. The maximum absolute atomic E-state index is 12.5. The van der Waals surface area contributed by atoms with Crippen molar-refractivity contribution in [3.8, 4) is 0 Å². The maximum Gasteiger partial charge on any atom is 0.410 e. The molecule has 0 aliphatic carbocycles. The van der Waals surface area contributed by atoms with Gasteiger partial charge in [-0.3, -0.25) is 0 Å². The van der Waals surface area contributed by atoms with Gasteiger partial charge in [-0.25, -0.2) is 4.79 Å². The van der Waals surface area contributed by atoms with Crippen molar-refractivity contribution in [3.05, 3.63) is 33.8 Å². The van der Waals surface area contributed by atoms with E-state index in [9.17, 15) is 4.79 Å². The van der Waals surface area contributed by atoms with Crippen LogP contribution in [-0.2, 0) is 16.7 Å². The molecule has 4 heteroatoms. The first-order chi connectivity index (χ1) is 10.3. The van der Waals surface area contributed by atoms with E-state index in [4.69, 9.17) is 4.74 Å². The Labute approximate surface area is 149 Å². The lowest BCUT2D eigenvalue weighted by Gasteiger charge is -2.30. The van der Waals surface area contributed by atoms with E-state index >= 15 is 0 Å². The molecule has 0 atom stereocenters. The zero-order chi connectivity index (χ0) is 18.0. The first-order valence-electron chi connectivity index (χ1n) is 8.09. The molecule has 0 aromatic heterocycles. The summed E-state index contributed by atoms with van der Waals surface area (Å²) < 4.78 is 6.57. The molecule has 0 unspecified atom stereocenters. The van der Waals surface area contributed by atoms with Crippen LogP contribution in [0.5, 0.6) is 0 Å². The molecular weight excluding hydrogens is 354 g/mol. The lowest BCUT2D eigenvalue weighted by Crippen LogP contribution is -2.40. The number of halogens is 1. The molecule has 0 aliphatic rings. The first kappa shape index (κ1) is 20.0. The molecule has 1 rings (SSSR count). The molecule has 1 aromatic rings. The Morgan fingerprint density at radius 2 is 1.70 bits per heavy atom. The fourth-order valence-electron chi connectivity index (χ4n) is 2.15. The van der Waals surface area contributed by atoms with Crippen molar-refractivity contribution in [3.63, 3.8) is 0 Å². The first-order valence-corrected chi connectivity index (χ1v) is 8.88. The highest BCUT2D eigenvalue weighted by atomic mass is 79.9. The second-order valence-electron chi connectivity index (χ2n) is 8.30. The van der Waals surface area contributed by atoms with Gasteiger partial charge in [0.05, 0.1) is 0 Å². The van der Waals surface area contributed by atoms with Crippen molar-refractivity contribution in [1.29, 1.82) is 0 Å². The van der Waals surface area contributed by atoms with Crippen molar-refractivity contribution < 1.29 is 9.53 Å². The number of hydrogen-bond donors (Lipinski definition) is 0. The van der Waals surface area contributed by atoms with E-state index in [1.54, 1.807) is 4.90 Å². The number of benzene rings is 1. The van der Waals surface area contributed by atoms with Crippen LogP contribution in [0.15, 0.2) is 22.7 Å². The fraction of sp³-hybridized carbons (Fsp3) is 0.632. The molecular formula is C19H30BrNO2. The summed E-state index contributed by atoms with van der Waals surface area (Å²) in [5, 5.41) is 0. The molecule has 23 heavy (non-hydrogen) atoms. The Bertz CT molecular complexity index is 553. The number of amides is 1. The molecule has 0 saturated heterocycles. The highest BCUT2D eigenvalue weighted by Crippen LogP contribution is 2.28. The van der Waals surface area contributed by atoms with Crippen LogP contribution in [-0.4, -0.2) is 22.6 Å². The van der Waals surface area contributed by atoms with E-state index in [1.165, 1.54) is 5.56 Å². The Balaban J connectivity index is 3.06. The van der Waals surface area contributed by atoms with E-state index in [0.29, 0.717) is 6.54 Å². The minimum absolute atomic E-state index is 0.0626. The number of ether oxygens (including phenoxy) is 1. The quantitative estimate of drug-likeness (QED) is 0.650. The SMILES string of the molecule is CC(C)N(Cc1cc(Br)cc(C(C)(C)C)c1)C(=O)OC(C)(C)C. The van der Waals surface area contributed by atoms with Crippen molar-refractivity contribution >= 4 is 22.0 Å². The molecule has 0 radical (unpaired) electrons. The van der Waals surface area contributed by atoms with Crippen molar-refractivity contribution in [2.45, 2.75) is 79.0 Å². The van der Waals surface area contributed by atoms with Crippen LogP contribution in [0, 0.1) is 0 Å². The second kappa shape index (κ2) is 7.25. The topological polar surface area (TPSA) is 29.5 Å². The van der Waals surface area contributed by atoms with Crippen LogP contribution in [0.2, 0.25) is 0 Å². The van der Waals surface area contributed by atoms with Gasteiger partial charge in [0.2, 0.25) is 0 Å². The highest BCUT2D eigenvalue weighted by molar-refractivity contribution is 9.10. The van der Waals surface area contributed by atoms with Crippen molar-refractivity contribution in [2.75, 3.05) is 0 Å². The van der Waals surface area contributed by atoms with Crippen LogP contribution in [0.3, 0.4) is 0 Å². The van der Waals surface area contributed by atoms with Gasteiger partial charge in [0, 0.05) is 17.1 Å². The van der Waals surface area contributed by atoms with Crippen LogP contribution < -0.4 is 0 Å². The molecule has 0 aliphatic heterocycles. The normalized spacial score (nSPS) is 12.4. The van der Waals surface area contributed by atoms with Crippen LogP contribution >= 0.6 is 15.9 Å². The average Bonchev–Trinajstić information content (AvgIpc) is 2.31. The minimum Gasteiger partial charge on any atom is -0.444 e. The number of rotatable bonds is 3. The van der Waals surface area contributed by atoms with Gasteiger partial charge >= 0.3 is 6.09 Å². The second-order valence-corrected chi connectivity index (χ2v) is 9.22. The Hall–Kier alpha value is -1.03. The van der Waals surface area contributed by atoms with E-state index in [1.807, 2.05) is 34.6 Å². The van der Waals surface area contributed by atoms with Gasteiger partial charge in [-0.05, 0) is 63.3 Å². The summed E-state index contributed by atoms with van der Waals surface area (Å²) in [6.07, 6.45) is -0.273. The zero-order valence-electron chi connectivity index (χ0n) is 15.7. The summed E-state index contributed by atoms with van der Waals surface area (Å²) in [5.41, 5.74) is 1.92. The third-order valence-corrected chi connectivity index (χ3v) is 3.89. The summed E-state index contributed by atoms with van der Waals surface area (Å²) >= 11 is 3.58. The predicted molar refractivity (Wildman–Crippen MR) is 99.8 cm³/mol. The molecule has 3 nitrogen and oxygen atoms in total. The number of carbonyl (C=O) groups is 1. The van der Waals surface area contributed by atoms with Crippen LogP contribution in [0.4, 0.5) is 4.79 Å². The van der Waals surface area contributed by atoms with Crippen LogP contribution in [0.1, 0.15) is 66.5 Å². The zero-order valence-corrected chi connectivity index (χ0v) is 17.2. The van der Waals surface area contributed by atoms with E-state index in [-0.39, 0.29) is 17.6 Å². The van der Waals surface area contributed by atoms with Crippen molar-refractivity contribution in [2.24, 2.45) is 0 Å². The highest BCUT2D eigenvalue weighted by Gasteiger charge is 2.25. The van der Waals surface area contributed by atoms with Crippen LogP contribution in [0.25, 0.3) is 0 Å². The van der Waals surface area contributed by atoms with Gasteiger partial charge in [-0.2, -0.15) is 0 Å². The monoisotopic (exact) mass is 383 g/mol. The Morgan fingerprint density at radius 3 is 2.13 bits per heavy atom. The van der Waals surface area contributed by atoms with Gasteiger partial charge in [-0.15, -0.1) is 0 Å². The summed E-state index contributed by atoms with van der Waals surface area (Å²) in [6, 6.07) is 6.44. The summed E-state index contributed by atoms with van der Waals surface area (Å²) in [5.74, 6) is 0. The smallest absolute Gasteiger partial charge is 0.410 e. The van der Waals surface area contributed by atoms with E-state index < -0.39 is 5.60 Å². The summed E-state index contributed by atoms with van der Waals surface area (Å²) in [6.45, 7) is 16.8. The van der Waals surface area contributed by atoms with Gasteiger partial charge in [0.1, 0.15) is 5.60 Å². The third-order valence-electron chi connectivity index (χ3n) is 3.43. The molecule has 1 amide bonds. The molecule has 0 spiro atoms. The molecule has 0 bridgehead atoms. The lowest BCUT2D eigenvalue weighted by molar-refractivity contribution is 0.0172. The van der Waals surface area contributed by atoms with Gasteiger partial charge in [0.15, 0.2) is 0 Å². The summed E-state index contributed by atoms with van der Waals surface area (Å²) in [4.78, 5) is 14.2. The van der Waals surface area contributed by atoms with Gasteiger partial charge in [0.25, 0.3) is 0 Å². The molecule has 0 heterocycles. The number of carbonyl (C=O) groups excluding carboxylic acids is 1. The Morgan fingerprint density at radius 1 is 1.13 bits per heavy atom. The largest absolute Gasteiger partial charge is 0.444 e. The van der Waals surface area contributed by atoms with E-state index in [0.717, 1.165) is 10.0 Å². The van der Waals surface area contributed by atoms with Crippen molar-refractivity contribution in [1.82, 2.24) is 4.90 Å². The molecule has 1 aromatic carbocycles. The minimum atomic E-state index is -0.488. The average molecular weight is 384 g/mol.